The Labute approximate surface area is 332 Å². The van der Waals surface area contributed by atoms with Crippen molar-refractivity contribution < 1.29 is 0 Å². The van der Waals surface area contributed by atoms with Crippen LogP contribution in [0, 0.1) is 11.8 Å². The van der Waals surface area contributed by atoms with E-state index in [0.717, 1.165) is 78.1 Å². The molecule has 272 valence electrons. The van der Waals surface area contributed by atoms with Crippen molar-refractivity contribution in [3.8, 4) is 68.1 Å². The Kier molecular flexibility index (Phi) is 8.24. The quantitative estimate of drug-likeness (QED) is 0.163. The van der Waals surface area contributed by atoms with Crippen molar-refractivity contribution in [3.05, 3.63) is 175 Å². The first kappa shape index (κ1) is 33.5. The number of hydrogen-bond acceptors (Lipinski definition) is 5. The van der Waals surface area contributed by atoms with Gasteiger partial charge in [0.05, 0.1) is 11.4 Å². The van der Waals surface area contributed by atoms with E-state index in [1.54, 1.807) is 0 Å². The molecule has 2 aliphatic carbocycles. The van der Waals surface area contributed by atoms with Gasteiger partial charge in [-0.25, -0.2) is 24.9 Å². The zero-order valence-corrected chi connectivity index (χ0v) is 31.5. The van der Waals surface area contributed by atoms with Crippen LogP contribution in [0.15, 0.2) is 170 Å². The molecule has 0 spiro atoms. The number of rotatable bonds is 7. The van der Waals surface area contributed by atoms with Gasteiger partial charge >= 0.3 is 0 Å². The van der Waals surface area contributed by atoms with Crippen LogP contribution in [0.1, 0.15) is 37.2 Å². The maximum atomic E-state index is 5.24. The van der Waals surface area contributed by atoms with Crippen LogP contribution in [0.4, 0.5) is 0 Å². The number of aromatic nitrogens is 5. The van der Waals surface area contributed by atoms with Crippen LogP contribution in [0.25, 0.3) is 89.6 Å². The van der Waals surface area contributed by atoms with Crippen molar-refractivity contribution in [1.82, 2.24) is 24.9 Å². The van der Waals surface area contributed by atoms with Gasteiger partial charge in [0, 0.05) is 33.4 Å². The molecule has 5 nitrogen and oxygen atoms in total. The van der Waals surface area contributed by atoms with E-state index in [-0.39, 0.29) is 0 Å². The van der Waals surface area contributed by atoms with Gasteiger partial charge in [-0.1, -0.05) is 164 Å². The molecule has 9 aromatic rings. The highest BCUT2D eigenvalue weighted by Crippen LogP contribution is 2.53. The minimum Gasteiger partial charge on any atom is -0.228 e. The molecule has 3 atom stereocenters. The van der Waals surface area contributed by atoms with Crippen LogP contribution in [0.3, 0.4) is 0 Å². The topological polar surface area (TPSA) is 64.5 Å². The predicted octanol–water partition coefficient (Wildman–Crippen LogP) is 12.9. The summed E-state index contributed by atoms with van der Waals surface area (Å²) >= 11 is 0. The van der Waals surface area contributed by atoms with Crippen LogP contribution >= 0.6 is 0 Å². The van der Waals surface area contributed by atoms with Crippen molar-refractivity contribution in [2.75, 3.05) is 0 Å². The summed E-state index contributed by atoms with van der Waals surface area (Å²) in [5.74, 6) is 5.07. The molecule has 2 aromatic heterocycles. The van der Waals surface area contributed by atoms with Crippen LogP contribution in [-0.4, -0.2) is 24.9 Å². The summed E-state index contributed by atoms with van der Waals surface area (Å²) in [6, 6.07) is 59.3. The van der Waals surface area contributed by atoms with Gasteiger partial charge in [0.15, 0.2) is 23.3 Å². The lowest BCUT2D eigenvalue weighted by Gasteiger charge is -2.22. The van der Waals surface area contributed by atoms with Crippen LogP contribution in [0.2, 0.25) is 0 Å². The van der Waals surface area contributed by atoms with Crippen molar-refractivity contribution in [1.29, 1.82) is 0 Å². The summed E-state index contributed by atoms with van der Waals surface area (Å²) < 4.78 is 0. The van der Waals surface area contributed by atoms with E-state index in [1.165, 1.54) is 31.2 Å². The average molecular weight is 734 g/mol. The molecule has 0 radical (unpaired) electrons. The molecule has 57 heavy (non-hydrogen) atoms. The molecule has 0 aliphatic heterocycles. The largest absolute Gasteiger partial charge is 0.228 e. The molecule has 5 heteroatoms. The van der Waals surface area contributed by atoms with Gasteiger partial charge in [0.2, 0.25) is 0 Å². The highest BCUT2D eigenvalue weighted by molar-refractivity contribution is 6.04. The van der Waals surface area contributed by atoms with E-state index in [4.69, 9.17) is 24.9 Å². The summed E-state index contributed by atoms with van der Waals surface area (Å²) in [6.45, 7) is 0. The van der Waals surface area contributed by atoms with E-state index in [2.05, 4.69) is 133 Å². The molecular weight excluding hydrogens is 695 g/mol. The molecule has 0 N–H and O–H groups in total. The maximum absolute atomic E-state index is 5.24. The number of nitrogens with zero attached hydrogens (tertiary/aromatic N) is 5. The molecule has 7 aromatic carbocycles. The third kappa shape index (κ3) is 6.16. The maximum Gasteiger partial charge on any atom is 0.164 e. The lowest BCUT2D eigenvalue weighted by atomic mass is 9.83. The van der Waals surface area contributed by atoms with Gasteiger partial charge < -0.3 is 0 Å². The molecule has 2 fully saturated rings. The van der Waals surface area contributed by atoms with Gasteiger partial charge in [0.1, 0.15) is 0 Å². The summed E-state index contributed by atoms with van der Waals surface area (Å²) in [5, 5.41) is 4.36. The Morgan fingerprint density at radius 2 is 0.930 bits per heavy atom. The first-order valence-corrected chi connectivity index (χ1v) is 20.1. The number of hydrogen-bond donors (Lipinski definition) is 0. The smallest absolute Gasteiger partial charge is 0.164 e. The minimum absolute atomic E-state index is 0.624. The van der Waals surface area contributed by atoms with Crippen LogP contribution in [0.5, 0.6) is 0 Å². The van der Waals surface area contributed by atoms with Crippen molar-refractivity contribution in [3.63, 3.8) is 0 Å². The lowest BCUT2D eigenvalue weighted by Crippen LogP contribution is -2.08. The van der Waals surface area contributed by atoms with E-state index < -0.39 is 0 Å². The van der Waals surface area contributed by atoms with Crippen molar-refractivity contribution in [2.45, 2.75) is 31.6 Å². The van der Waals surface area contributed by atoms with Crippen LogP contribution < -0.4 is 0 Å². The number of benzene rings is 7. The van der Waals surface area contributed by atoms with Gasteiger partial charge in [-0.2, -0.15) is 0 Å². The second-order valence-corrected chi connectivity index (χ2v) is 15.6. The predicted molar refractivity (Wildman–Crippen MR) is 231 cm³/mol. The Morgan fingerprint density at radius 1 is 0.368 bits per heavy atom. The highest BCUT2D eigenvalue weighted by Gasteiger charge is 2.40. The standard InChI is InChI=1S/C52H39N5/c1-3-13-37(14-4-1)49-53-47(36-26-24-35(25-27-36)46-31-33-22-23-39(46)30-33)32-48(54-49)43-28-29-45(42-20-10-9-19-41(42)43)52-56-50(38-15-5-2-6-16-38)55-51(57-52)44-21-11-17-34-12-7-8-18-40(34)44/h1-21,24-29,32-33,39,46H,22-23,30-31H2. The van der Waals surface area contributed by atoms with E-state index in [0.29, 0.717) is 29.2 Å². The van der Waals surface area contributed by atoms with Gasteiger partial charge in [0.25, 0.3) is 0 Å². The highest BCUT2D eigenvalue weighted by atomic mass is 15.0. The average Bonchev–Trinajstić information content (AvgIpc) is 3.94. The Bertz CT molecular complexity index is 2920. The summed E-state index contributed by atoms with van der Waals surface area (Å²) in [6.07, 6.45) is 5.54. The SMILES string of the molecule is c1ccc(-c2nc(-c3ccc(C4CC5CCC4C5)cc3)cc(-c3ccc(-c4nc(-c5ccccc5)nc(-c5cccc6ccccc56)n4)c4ccccc34)n2)cc1. The number of fused-ring (bicyclic) bond motifs is 4. The fraction of sp³-hybridized carbons (Fsp3) is 0.135. The molecule has 2 saturated carbocycles. The fourth-order valence-electron chi connectivity index (χ4n) is 9.47. The molecule has 11 rings (SSSR count). The van der Waals surface area contributed by atoms with Crippen molar-refractivity contribution >= 4 is 21.5 Å². The zero-order valence-electron chi connectivity index (χ0n) is 31.5. The normalized spacial score (nSPS) is 17.4. The molecule has 2 aliphatic rings. The first-order valence-electron chi connectivity index (χ1n) is 20.1. The van der Waals surface area contributed by atoms with Gasteiger partial charge in [-0.05, 0) is 76.3 Å². The summed E-state index contributed by atoms with van der Waals surface area (Å²) in [7, 11) is 0. The molecule has 0 amide bonds. The summed E-state index contributed by atoms with van der Waals surface area (Å²) in [4.78, 5) is 25.8. The zero-order chi connectivity index (χ0) is 37.7. The monoisotopic (exact) mass is 733 g/mol. The Morgan fingerprint density at radius 3 is 1.61 bits per heavy atom. The third-order valence-electron chi connectivity index (χ3n) is 12.3. The molecule has 2 bridgehead atoms. The van der Waals surface area contributed by atoms with Crippen molar-refractivity contribution in [2.24, 2.45) is 11.8 Å². The lowest BCUT2D eigenvalue weighted by molar-refractivity contribution is 0.420. The molecule has 0 saturated heterocycles. The Balaban J connectivity index is 1.06. The second kappa shape index (κ2) is 14.0. The van der Waals surface area contributed by atoms with Gasteiger partial charge in [-0.3, -0.25) is 0 Å². The van der Waals surface area contributed by atoms with E-state index in [1.807, 2.05) is 36.4 Å². The van der Waals surface area contributed by atoms with E-state index in [9.17, 15) is 0 Å². The second-order valence-electron chi connectivity index (χ2n) is 15.6. The molecule has 3 unspecified atom stereocenters. The first-order chi connectivity index (χ1) is 28.2. The molecule has 2 heterocycles. The van der Waals surface area contributed by atoms with Gasteiger partial charge in [-0.15, -0.1) is 0 Å². The minimum atomic E-state index is 0.624. The molecular formula is C52H39N5. The summed E-state index contributed by atoms with van der Waals surface area (Å²) in [5.41, 5.74) is 9.22. The van der Waals surface area contributed by atoms with E-state index >= 15 is 0 Å². The third-order valence-corrected chi connectivity index (χ3v) is 12.3. The fourth-order valence-corrected chi connectivity index (χ4v) is 9.47. The van der Waals surface area contributed by atoms with Crippen LogP contribution in [-0.2, 0) is 0 Å². The Hall–Kier alpha value is -6.85.